The van der Waals surface area contributed by atoms with Crippen LogP contribution in [0.4, 0.5) is 5.69 Å². The third-order valence-electron chi connectivity index (χ3n) is 1.91. The predicted molar refractivity (Wildman–Crippen MR) is 76.4 cm³/mol. The number of rotatable bonds is 3. The molecule has 1 aromatic rings. The van der Waals surface area contributed by atoms with Crippen molar-refractivity contribution in [2.24, 2.45) is 0 Å². The van der Waals surface area contributed by atoms with E-state index in [0.29, 0.717) is 0 Å². The lowest BCUT2D eigenvalue weighted by Crippen LogP contribution is -2.34. The molecule has 0 heterocycles. The first kappa shape index (κ1) is 13.1. The first-order chi connectivity index (χ1) is 6.68. The SMILES string of the molecule is C[Si](C)(C)Nc1ccc([Si](C)(Cl)Cl)cc1. The molecular formula is C10H17Cl2NSi2. The van der Waals surface area contributed by atoms with Gasteiger partial charge in [-0.05, 0) is 23.9 Å². The number of anilines is 1. The van der Waals surface area contributed by atoms with Gasteiger partial charge in [-0.3, -0.25) is 0 Å². The molecule has 0 aliphatic carbocycles. The summed E-state index contributed by atoms with van der Waals surface area (Å²) in [5.74, 6) is 0. The number of hydrogen-bond donors (Lipinski definition) is 1. The van der Waals surface area contributed by atoms with Crippen molar-refractivity contribution in [3.63, 3.8) is 0 Å². The zero-order valence-corrected chi connectivity index (χ0v) is 13.1. The smallest absolute Gasteiger partial charge is 0.277 e. The van der Waals surface area contributed by atoms with Gasteiger partial charge in [0.2, 0.25) is 0 Å². The van der Waals surface area contributed by atoms with Gasteiger partial charge in [0, 0.05) is 5.69 Å². The van der Waals surface area contributed by atoms with Crippen molar-refractivity contribution in [2.45, 2.75) is 26.2 Å². The lowest BCUT2D eigenvalue weighted by atomic mass is 10.3. The van der Waals surface area contributed by atoms with Crippen molar-refractivity contribution in [1.29, 1.82) is 0 Å². The Morgan fingerprint density at radius 2 is 1.40 bits per heavy atom. The Kier molecular flexibility index (Phi) is 3.92. The van der Waals surface area contributed by atoms with Gasteiger partial charge in [-0.1, -0.05) is 31.8 Å². The predicted octanol–water partition coefficient (Wildman–Crippen LogP) is 3.69. The second-order valence-corrected chi connectivity index (χ2v) is 17.1. The molecular weight excluding hydrogens is 261 g/mol. The minimum atomic E-state index is -2.19. The van der Waals surface area contributed by atoms with Gasteiger partial charge in [0.05, 0.1) is 0 Å². The van der Waals surface area contributed by atoms with E-state index in [4.69, 9.17) is 22.2 Å². The van der Waals surface area contributed by atoms with Gasteiger partial charge in [0.25, 0.3) is 6.69 Å². The monoisotopic (exact) mass is 277 g/mol. The highest BCUT2D eigenvalue weighted by Crippen LogP contribution is 2.16. The molecule has 1 rings (SSSR count). The average molecular weight is 278 g/mol. The Hall–Kier alpha value is 0.0338. The van der Waals surface area contributed by atoms with Gasteiger partial charge < -0.3 is 4.98 Å². The van der Waals surface area contributed by atoms with Crippen LogP contribution in [-0.2, 0) is 0 Å². The van der Waals surface area contributed by atoms with Crippen LogP contribution in [0.25, 0.3) is 0 Å². The topological polar surface area (TPSA) is 12.0 Å². The molecule has 0 aliphatic heterocycles. The molecule has 1 aromatic carbocycles. The van der Waals surface area contributed by atoms with E-state index in [1.807, 2.05) is 18.7 Å². The Labute approximate surface area is 103 Å². The van der Waals surface area contributed by atoms with E-state index in [0.717, 1.165) is 10.9 Å². The number of hydrogen-bond acceptors (Lipinski definition) is 1. The maximum atomic E-state index is 6.14. The fourth-order valence-corrected chi connectivity index (χ4v) is 3.82. The summed E-state index contributed by atoms with van der Waals surface area (Å²) in [5, 5.41) is 1.06. The van der Waals surface area contributed by atoms with Gasteiger partial charge >= 0.3 is 0 Å². The van der Waals surface area contributed by atoms with E-state index in [1.165, 1.54) is 0 Å². The molecule has 5 heteroatoms. The first-order valence-corrected chi connectivity index (χ1v) is 13.0. The van der Waals surface area contributed by atoms with Crippen LogP contribution < -0.4 is 10.2 Å². The largest absolute Gasteiger partial charge is 0.411 e. The molecule has 0 spiro atoms. The van der Waals surface area contributed by atoms with Crippen LogP contribution in [0.1, 0.15) is 0 Å². The van der Waals surface area contributed by atoms with Gasteiger partial charge in [-0.2, -0.15) is 0 Å². The van der Waals surface area contributed by atoms with Crippen molar-refractivity contribution in [1.82, 2.24) is 0 Å². The summed E-state index contributed by atoms with van der Waals surface area (Å²) in [4.78, 5) is 3.53. The zero-order chi connectivity index (χ0) is 11.7. The van der Waals surface area contributed by atoms with Crippen molar-refractivity contribution < 1.29 is 0 Å². The standard InChI is InChI=1S/C10H17Cl2NSi2/c1-14(2,3)13-9-5-7-10(8-6-9)15(4,11)12/h5-8,13H,1-4H3. The highest BCUT2D eigenvalue weighted by Gasteiger charge is 2.23. The Morgan fingerprint density at radius 1 is 0.933 bits per heavy atom. The number of benzene rings is 1. The Morgan fingerprint density at radius 3 is 1.73 bits per heavy atom. The molecule has 0 unspecified atom stereocenters. The summed E-state index contributed by atoms with van der Waals surface area (Å²) in [6.07, 6.45) is 0. The lowest BCUT2D eigenvalue weighted by molar-refractivity contribution is 1.58. The van der Waals surface area contributed by atoms with Gasteiger partial charge in [-0.25, -0.2) is 0 Å². The molecule has 0 bridgehead atoms. The molecule has 1 N–H and O–H groups in total. The summed E-state index contributed by atoms with van der Waals surface area (Å²) < 4.78 is 0. The van der Waals surface area contributed by atoms with Gasteiger partial charge in [-0.15, -0.1) is 22.2 Å². The van der Waals surface area contributed by atoms with Crippen LogP contribution in [0.5, 0.6) is 0 Å². The molecule has 15 heavy (non-hydrogen) atoms. The van der Waals surface area contributed by atoms with Crippen LogP contribution in [-0.4, -0.2) is 14.9 Å². The Balaban J connectivity index is 2.82. The van der Waals surface area contributed by atoms with E-state index < -0.39 is 14.9 Å². The lowest BCUT2D eigenvalue weighted by Gasteiger charge is -2.20. The van der Waals surface area contributed by atoms with E-state index in [-0.39, 0.29) is 0 Å². The van der Waals surface area contributed by atoms with E-state index in [2.05, 4.69) is 36.8 Å². The van der Waals surface area contributed by atoms with Crippen LogP contribution in [0.3, 0.4) is 0 Å². The molecule has 0 saturated heterocycles. The minimum Gasteiger partial charge on any atom is -0.411 e. The van der Waals surface area contributed by atoms with Crippen molar-refractivity contribution >= 4 is 48.0 Å². The molecule has 0 aromatic heterocycles. The second-order valence-electron chi connectivity index (χ2n) is 4.84. The molecule has 0 aliphatic rings. The molecule has 0 radical (unpaired) electrons. The van der Waals surface area contributed by atoms with E-state index >= 15 is 0 Å². The van der Waals surface area contributed by atoms with Crippen LogP contribution >= 0.6 is 22.2 Å². The highest BCUT2D eigenvalue weighted by molar-refractivity contribution is 7.50. The third-order valence-corrected chi connectivity index (χ3v) is 5.61. The maximum absolute atomic E-state index is 6.14. The molecule has 0 atom stereocenters. The third kappa shape index (κ3) is 4.59. The highest BCUT2D eigenvalue weighted by atomic mass is 35.7. The van der Waals surface area contributed by atoms with Crippen molar-refractivity contribution in [2.75, 3.05) is 4.98 Å². The summed E-state index contributed by atoms with van der Waals surface area (Å²) >= 11 is 12.3. The zero-order valence-electron chi connectivity index (χ0n) is 9.57. The van der Waals surface area contributed by atoms with Gasteiger partial charge in [0.1, 0.15) is 8.24 Å². The number of nitrogens with one attached hydrogen (secondary N) is 1. The summed E-state index contributed by atoms with van der Waals surface area (Å²) in [7, 11) is -1.27. The Bertz CT molecular complexity index is 325. The van der Waals surface area contributed by atoms with E-state index in [1.54, 1.807) is 0 Å². The van der Waals surface area contributed by atoms with Crippen molar-refractivity contribution in [3.8, 4) is 0 Å². The average Bonchev–Trinajstić information content (AvgIpc) is 2.00. The molecule has 0 fully saturated rings. The summed E-state index contributed by atoms with van der Waals surface area (Å²) in [6, 6.07) is 8.16. The quantitative estimate of drug-likeness (QED) is 0.657. The molecule has 0 saturated carbocycles. The first-order valence-electron chi connectivity index (χ1n) is 4.95. The fourth-order valence-electron chi connectivity index (χ4n) is 1.28. The molecule has 1 nitrogen and oxygen atoms in total. The van der Waals surface area contributed by atoms with Gasteiger partial charge in [0.15, 0.2) is 0 Å². The maximum Gasteiger partial charge on any atom is 0.277 e. The van der Waals surface area contributed by atoms with E-state index in [9.17, 15) is 0 Å². The molecule has 0 amide bonds. The summed E-state index contributed by atoms with van der Waals surface area (Å²) in [5.41, 5.74) is 1.16. The second kappa shape index (κ2) is 4.49. The molecule has 84 valence electrons. The summed E-state index contributed by atoms with van der Waals surface area (Å²) in [6.45, 7) is 6.53. The van der Waals surface area contributed by atoms with Crippen LogP contribution in [0.2, 0.25) is 26.2 Å². The number of halogens is 2. The van der Waals surface area contributed by atoms with Crippen molar-refractivity contribution in [3.05, 3.63) is 24.3 Å². The fraction of sp³-hybridized carbons (Fsp3) is 0.400. The normalized spacial score (nSPS) is 12.7. The van der Waals surface area contributed by atoms with Crippen LogP contribution in [0.15, 0.2) is 24.3 Å². The minimum absolute atomic E-state index is 1.06. The van der Waals surface area contributed by atoms with Crippen LogP contribution in [0, 0.1) is 0 Å².